The summed E-state index contributed by atoms with van der Waals surface area (Å²) in [5.41, 5.74) is 2.72. The third-order valence-electron chi connectivity index (χ3n) is 3.12. The molecule has 1 aromatic rings. The second-order valence-corrected chi connectivity index (χ2v) is 4.18. The average molecular weight is 187 g/mol. The van der Waals surface area contributed by atoms with Crippen LogP contribution in [-0.2, 0) is 0 Å². The van der Waals surface area contributed by atoms with Crippen molar-refractivity contribution in [3.8, 4) is 0 Å². The SMILES string of the molecule is CC1=NCC[C@@H](C)[C@@H]1c1ccccc1. The summed E-state index contributed by atoms with van der Waals surface area (Å²) in [4.78, 5) is 4.55. The molecule has 1 heterocycles. The second kappa shape index (κ2) is 3.95. The molecular formula is C13H17N. The van der Waals surface area contributed by atoms with Gasteiger partial charge in [-0.1, -0.05) is 37.3 Å². The Hall–Kier alpha value is -1.11. The third kappa shape index (κ3) is 1.72. The zero-order valence-electron chi connectivity index (χ0n) is 8.90. The number of hydrogen-bond acceptors (Lipinski definition) is 1. The quantitative estimate of drug-likeness (QED) is 0.640. The fourth-order valence-electron chi connectivity index (χ4n) is 2.35. The maximum absolute atomic E-state index is 4.55. The Balaban J connectivity index is 2.32. The van der Waals surface area contributed by atoms with E-state index in [0.717, 1.165) is 12.5 Å². The van der Waals surface area contributed by atoms with Crippen molar-refractivity contribution in [2.75, 3.05) is 6.54 Å². The first-order chi connectivity index (χ1) is 6.79. The Morgan fingerprint density at radius 3 is 2.57 bits per heavy atom. The summed E-state index contributed by atoms with van der Waals surface area (Å²) in [6.45, 7) is 5.50. The van der Waals surface area contributed by atoms with E-state index in [1.54, 1.807) is 0 Å². The number of benzene rings is 1. The Morgan fingerprint density at radius 1 is 1.21 bits per heavy atom. The molecule has 0 aromatic heterocycles. The van der Waals surface area contributed by atoms with Crippen LogP contribution < -0.4 is 0 Å². The van der Waals surface area contributed by atoms with Crippen LogP contribution in [0, 0.1) is 5.92 Å². The lowest BCUT2D eigenvalue weighted by atomic mass is 9.80. The molecule has 1 aromatic carbocycles. The standard InChI is InChI=1S/C13H17N/c1-10-8-9-14-11(2)13(10)12-6-4-3-5-7-12/h3-7,10,13H,8-9H2,1-2H3/t10-,13+/m1/s1. The van der Waals surface area contributed by atoms with Crippen LogP contribution in [0.5, 0.6) is 0 Å². The highest BCUT2D eigenvalue weighted by Gasteiger charge is 2.24. The van der Waals surface area contributed by atoms with E-state index in [0.29, 0.717) is 5.92 Å². The summed E-state index contributed by atoms with van der Waals surface area (Å²) >= 11 is 0. The first-order valence-corrected chi connectivity index (χ1v) is 5.35. The molecule has 0 saturated heterocycles. The lowest BCUT2D eigenvalue weighted by molar-refractivity contribution is 0.486. The molecular weight excluding hydrogens is 170 g/mol. The van der Waals surface area contributed by atoms with E-state index in [4.69, 9.17) is 0 Å². The van der Waals surface area contributed by atoms with E-state index in [-0.39, 0.29) is 0 Å². The summed E-state index contributed by atoms with van der Waals surface area (Å²) in [6.07, 6.45) is 1.22. The van der Waals surface area contributed by atoms with E-state index in [9.17, 15) is 0 Å². The monoisotopic (exact) mass is 187 g/mol. The molecule has 0 amide bonds. The van der Waals surface area contributed by atoms with Crippen LogP contribution in [0.3, 0.4) is 0 Å². The van der Waals surface area contributed by atoms with E-state index in [1.165, 1.54) is 17.7 Å². The number of nitrogens with zero attached hydrogens (tertiary/aromatic N) is 1. The van der Waals surface area contributed by atoms with Crippen molar-refractivity contribution >= 4 is 5.71 Å². The zero-order chi connectivity index (χ0) is 9.97. The minimum absolute atomic E-state index is 0.546. The van der Waals surface area contributed by atoms with E-state index in [2.05, 4.69) is 49.2 Å². The summed E-state index contributed by atoms with van der Waals surface area (Å²) < 4.78 is 0. The molecule has 14 heavy (non-hydrogen) atoms. The molecule has 1 heteroatoms. The number of aliphatic imine (C=N–C) groups is 1. The highest BCUT2D eigenvalue weighted by atomic mass is 14.8. The minimum Gasteiger partial charge on any atom is -0.294 e. The molecule has 1 aliphatic heterocycles. The van der Waals surface area contributed by atoms with Gasteiger partial charge in [-0.2, -0.15) is 0 Å². The maximum Gasteiger partial charge on any atom is 0.0391 e. The Labute approximate surface area is 85.9 Å². The summed E-state index contributed by atoms with van der Waals surface area (Å²) in [5, 5.41) is 0. The molecule has 0 bridgehead atoms. The van der Waals surface area contributed by atoms with Gasteiger partial charge in [0, 0.05) is 18.2 Å². The smallest absolute Gasteiger partial charge is 0.0391 e. The largest absolute Gasteiger partial charge is 0.294 e. The molecule has 0 unspecified atom stereocenters. The van der Waals surface area contributed by atoms with Gasteiger partial charge in [-0.3, -0.25) is 4.99 Å². The van der Waals surface area contributed by atoms with Crippen molar-refractivity contribution in [1.29, 1.82) is 0 Å². The van der Waals surface area contributed by atoms with Gasteiger partial charge >= 0.3 is 0 Å². The van der Waals surface area contributed by atoms with Gasteiger partial charge in [0.2, 0.25) is 0 Å². The second-order valence-electron chi connectivity index (χ2n) is 4.18. The van der Waals surface area contributed by atoms with Crippen LogP contribution in [0.2, 0.25) is 0 Å². The molecule has 0 aliphatic carbocycles. The van der Waals surface area contributed by atoms with Gasteiger partial charge in [0.05, 0.1) is 0 Å². The third-order valence-corrected chi connectivity index (χ3v) is 3.12. The molecule has 1 nitrogen and oxygen atoms in total. The summed E-state index contributed by atoms with van der Waals surface area (Å²) in [5.74, 6) is 1.28. The van der Waals surface area contributed by atoms with Crippen LogP contribution in [0.15, 0.2) is 35.3 Å². The van der Waals surface area contributed by atoms with Crippen LogP contribution in [0.4, 0.5) is 0 Å². The van der Waals surface area contributed by atoms with E-state index in [1.807, 2.05) is 0 Å². The Morgan fingerprint density at radius 2 is 1.93 bits per heavy atom. The predicted octanol–water partition coefficient (Wildman–Crippen LogP) is 3.27. The number of rotatable bonds is 1. The van der Waals surface area contributed by atoms with Crippen molar-refractivity contribution in [2.24, 2.45) is 10.9 Å². The topological polar surface area (TPSA) is 12.4 Å². The van der Waals surface area contributed by atoms with Crippen molar-refractivity contribution in [3.05, 3.63) is 35.9 Å². The van der Waals surface area contributed by atoms with Crippen LogP contribution in [-0.4, -0.2) is 12.3 Å². The van der Waals surface area contributed by atoms with E-state index < -0.39 is 0 Å². The van der Waals surface area contributed by atoms with Crippen molar-refractivity contribution in [1.82, 2.24) is 0 Å². The normalized spacial score (nSPS) is 27.1. The average Bonchev–Trinajstić information content (AvgIpc) is 2.19. The number of hydrogen-bond donors (Lipinski definition) is 0. The zero-order valence-corrected chi connectivity index (χ0v) is 8.90. The van der Waals surface area contributed by atoms with Gasteiger partial charge < -0.3 is 0 Å². The van der Waals surface area contributed by atoms with Crippen molar-refractivity contribution in [2.45, 2.75) is 26.2 Å². The minimum atomic E-state index is 0.546. The highest BCUT2D eigenvalue weighted by molar-refractivity contribution is 5.89. The fourth-order valence-corrected chi connectivity index (χ4v) is 2.35. The van der Waals surface area contributed by atoms with Gasteiger partial charge in [-0.15, -0.1) is 0 Å². The van der Waals surface area contributed by atoms with Crippen molar-refractivity contribution < 1.29 is 0 Å². The molecule has 0 saturated carbocycles. The molecule has 2 rings (SSSR count). The Kier molecular flexibility index (Phi) is 2.67. The predicted molar refractivity (Wildman–Crippen MR) is 60.9 cm³/mol. The summed E-state index contributed by atoms with van der Waals surface area (Å²) in [6, 6.07) is 10.7. The van der Waals surface area contributed by atoms with Gasteiger partial charge in [0.15, 0.2) is 0 Å². The highest BCUT2D eigenvalue weighted by Crippen LogP contribution is 2.31. The van der Waals surface area contributed by atoms with E-state index >= 15 is 0 Å². The lowest BCUT2D eigenvalue weighted by Crippen LogP contribution is -2.23. The van der Waals surface area contributed by atoms with Crippen LogP contribution in [0.1, 0.15) is 31.7 Å². The van der Waals surface area contributed by atoms with Crippen LogP contribution >= 0.6 is 0 Å². The first-order valence-electron chi connectivity index (χ1n) is 5.35. The summed E-state index contributed by atoms with van der Waals surface area (Å²) in [7, 11) is 0. The van der Waals surface area contributed by atoms with Crippen LogP contribution in [0.25, 0.3) is 0 Å². The maximum atomic E-state index is 4.55. The van der Waals surface area contributed by atoms with Gasteiger partial charge in [-0.05, 0) is 24.8 Å². The molecule has 1 aliphatic rings. The fraction of sp³-hybridized carbons (Fsp3) is 0.462. The van der Waals surface area contributed by atoms with Crippen molar-refractivity contribution in [3.63, 3.8) is 0 Å². The lowest BCUT2D eigenvalue weighted by Gasteiger charge is -2.28. The molecule has 0 radical (unpaired) electrons. The molecule has 0 spiro atoms. The Bertz CT molecular complexity index is 326. The molecule has 2 atom stereocenters. The molecule has 0 N–H and O–H groups in total. The van der Waals surface area contributed by atoms with Gasteiger partial charge in [0.25, 0.3) is 0 Å². The van der Waals surface area contributed by atoms with Gasteiger partial charge in [0.1, 0.15) is 0 Å². The first kappa shape index (κ1) is 9.45. The van der Waals surface area contributed by atoms with Gasteiger partial charge in [-0.25, -0.2) is 0 Å². The molecule has 74 valence electrons. The molecule has 0 fully saturated rings.